The van der Waals surface area contributed by atoms with Crippen molar-refractivity contribution in [1.82, 2.24) is 4.90 Å². The van der Waals surface area contributed by atoms with E-state index < -0.39 is 0 Å². The molecule has 1 aliphatic rings. The van der Waals surface area contributed by atoms with Gasteiger partial charge in [-0.05, 0) is 32.4 Å². The fourth-order valence-corrected chi connectivity index (χ4v) is 1.42. The summed E-state index contributed by atoms with van der Waals surface area (Å²) in [6.07, 6.45) is 2.84. The predicted molar refractivity (Wildman–Crippen MR) is 44.0 cm³/mol. The van der Waals surface area contributed by atoms with E-state index in [0.29, 0.717) is 0 Å². The SMILES string of the molecule is CC1CCCN(C)C1.CO. The standard InChI is InChI=1S/C7H15N.CH4O/c1-7-4-3-5-8(2)6-7;1-2/h7H,3-6H2,1-2H3;2H,1H3. The Labute approximate surface area is 63.8 Å². The second-order valence-electron chi connectivity index (χ2n) is 3.01. The van der Waals surface area contributed by atoms with E-state index in [9.17, 15) is 0 Å². The summed E-state index contributed by atoms with van der Waals surface area (Å²) in [4.78, 5) is 2.41. The van der Waals surface area contributed by atoms with Crippen molar-refractivity contribution in [2.75, 3.05) is 27.2 Å². The van der Waals surface area contributed by atoms with Gasteiger partial charge in [0.1, 0.15) is 0 Å². The van der Waals surface area contributed by atoms with E-state index in [1.54, 1.807) is 0 Å². The third-order valence-electron chi connectivity index (χ3n) is 1.86. The van der Waals surface area contributed by atoms with Crippen LogP contribution < -0.4 is 0 Å². The highest BCUT2D eigenvalue weighted by molar-refractivity contribution is 4.65. The summed E-state index contributed by atoms with van der Waals surface area (Å²) in [5, 5.41) is 7.00. The molecular formula is C8H19NO. The Kier molecular flexibility index (Phi) is 5.64. The second-order valence-corrected chi connectivity index (χ2v) is 3.01. The third kappa shape index (κ3) is 3.85. The normalized spacial score (nSPS) is 27.0. The molecule has 1 aliphatic heterocycles. The molecule has 2 heteroatoms. The quantitative estimate of drug-likeness (QED) is 0.548. The fraction of sp³-hybridized carbons (Fsp3) is 1.00. The highest BCUT2D eigenvalue weighted by Crippen LogP contribution is 2.12. The average molecular weight is 145 g/mol. The minimum absolute atomic E-state index is 0.939. The summed E-state index contributed by atoms with van der Waals surface area (Å²) in [5.74, 6) is 0.939. The van der Waals surface area contributed by atoms with E-state index in [0.717, 1.165) is 13.0 Å². The zero-order valence-electron chi connectivity index (χ0n) is 7.30. The summed E-state index contributed by atoms with van der Waals surface area (Å²) in [7, 11) is 3.20. The summed E-state index contributed by atoms with van der Waals surface area (Å²) in [6.45, 7) is 4.94. The van der Waals surface area contributed by atoms with Gasteiger partial charge in [-0.3, -0.25) is 0 Å². The van der Waals surface area contributed by atoms with Crippen LogP contribution >= 0.6 is 0 Å². The molecule has 0 aliphatic carbocycles. The molecule has 0 amide bonds. The van der Waals surface area contributed by atoms with Crippen molar-refractivity contribution in [3.05, 3.63) is 0 Å². The molecule has 0 spiro atoms. The van der Waals surface area contributed by atoms with E-state index in [2.05, 4.69) is 18.9 Å². The lowest BCUT2D eigenvalue weighted by Crippen LogP contribution is -2.30. The van der Waals surface area contributed by atoms with Crippen LogP contribution in [-0.4, -0.2) is 37.3 Å². The molecule has 1 N–H and O–H groups in total. The Morgan fingerprint density at radius 2 is 2.00 bits per heavy atom. The molecule has 1 unspecified atom stereocenters. The topological polar surface area (TPSA) is 23.5 Å². The summed E-state index contributed by atoms with van der Waals surface area (Å²) in [6, 6.07) is 0. The molecule has 1 atom stereocenters. The van der Waals surface area contributed by atoms with Crippen LogP contribution in [0.15, 0.2) is 0 Å². The van der Waals surface area contributed by atoms with Gasteiger partial charge in [-0.15, -0.1) is 0 Å². The zero-order valence-corrected chi connectivity index (χ0v) is 7.30. The molecule has 1 heterocycles. The van der Waals surface area contributed by atoms with Crippen LogP contribution in [0.1, 0.15) is 19.8 Å². The molecule has 10 heavy (non-hydrogen) atoms. The van der Waals surface area contributed by atoms with Crippen LogP contribution in [0, 0.1) is 5.92 Å². The van der Waals surface area contributed by atoms with E-state index in [4.69, 9.17) is 5.11 Å². The highest BCUT2D eigenvalue weighted by Gasteiger charge is 2.11. The number of hydrogen-bond donors (Lipinski definition) is 1. The Bertz CT molecular complexity index is 67.7. The second kappa shape index (κ2) is 5.69. The molecule has 0 saturated carbocycles. The van der Waals surface area contributed by atoms with Crippen molar-refractivity contribution < 1.29 is 5.11 Å². The van der Waals surface area contributed by atoms with Crippen molar-refractivity contribution >= 4 is 0 Å². The van der Waals surface area contributed by atoms with Crippen molar-refractivity contribution in [1.29, 1.82) is 0 Å². The van der Waals surface area contributed by atoms with E-state index >= 15 is 0 Å². The molecule has 0 aromatic rings. The average Bonchev–Trinajstić information content (AvgIpc) is 1.91. The van der Waals surface area contributed by atoms with Gasteiger partial charge >= 0.3 is 0 Å². The summed E-state index contributed by atoms with van der Waals surface area (Å²) in [5.41, 5.74) is 0. The lowest BCUT2D eigenvalue weighted by molar-refractivity contribution is 0.221. The molecule has 0 bridgehead atoms. The van der Waals surface area contributed by atoms with Gasteiger partial charge in [-0.25, -0.2) is 0 Å². The van der Waals surface area contributed by atoms with Crippen LogP contribution in [0.5, 0.6) is 0 Å². The minimum atomic E-state index is 0.939. The van der Waals surface area contributed by atoms with Gasteiger partial charge in [0.05, 0.1) is 0 Å². The number of aliphatic hydroxyl groups is 1. The molecule has 62 valence electrons. The Morgan fingerprint density at radius 1 is 1.40 bits per heavy atom. The maximum atomic E-state index is 7.00. The first-order valence-corrected chi connectivity index (χ1v) is 3.92. The van der Waals surface area contributed by atoms with E-state index in [1.807, 2.05) is 0 Å². The van der Waals surface area contributed by atoms with Crippen molar-refractivity contribution in [3.8, 4) is 0 Å². The number of aliphatic hydroxyl groups excluding tert-OH is 1. The summed E-state index contributed by atoms with van der Waals surface area (Å²) < 4.78 is 0. The maximum Gasteiger partial charge on any atom is 0.0319 e. The predicted octanol–water partition coefficient (Wildman–Crippen LogP) is 0.957. The van der Waals surface area contributed by atoms with E-state index in [1.165, 1.54) is 25.9 Å². The number of piperidine rings is 1. The zero-order chi connectivity index (χ0) is 7.98. The first-order chi connectivity index (χ1) is 4.79. The lowest BCUT2D eigenvalue weighted by Gasteiger charge is -2.26. The van der Waals surface area contributed by atoms with Crippen LogP contribution in [-0.2, 0) is 0 Å². The molecular weight excluding hydrogens is 126 g/mol. The number of likely N-dealkylation sites (tertiary alicyclic amines) is 1. The minimum Gasteiger partial charge on any atom is -0.400 e. The Morgan fingerprint density at radius 3 is 2.30 bits per heavy atom. The van der Waals surface area contributed by atoms with Crippen LogP contribution in [0.3, 0.4) is 0 Å². The first kappa shape index (κ1) is 9.92. The number of rotatable bonds is 0. The molecule has 1 fully saturated rings. The molecule has 0 radical (unpaired) electrons. The fourth-order valence-electron chi connectivity index (χ4n) is 1.42. The van der Waals surface area contributed by atoms with Gasteiger partial charge in [-0.1, -0.05) is 6.92 Å². The monoisotopic (exact) mass is 145 g/mol. The van der Waals surface area contributed by atoms with Crippen LogP contribution in [0.2, 0.25) is 0 Å². The lowest BCUT2D eigenvalue weighted by atomic mass is 10.0. The van der Waals surface area contributed by atoms with Gasteiger partial charge < -0.3 is 10.0 Å². The van der Waals surface area contributed by atoms with Gasteiger partial charge in [0.2, 0.25) is 0 Å². The van der Waals surface area contributed by atoms with Crippen LogP contribution in [0.4, 0.5) is 0 Å². The van der Waals surface area contributed by atoms with Gasteiger partial charge in [0, 0.05) is 13.7 Å². The van der Waals surface area contributed by atoms with Gasteiger partial charge in [-0.2, -0.15) is 0 Å². The van der Waals surface area contributed by atoms with Gasteiger partial charge in [0.15, 0.2) is 0 Å². The number of nitrogens with zero attached hydrogens (tertiary/aromatic N) is 1. The van der Waals surface area contributed by atoms with Crippen molar-refractivity contribution in [2.45, 2.75) is 19.8 Å². The van der Waals surface area contributed by atoms with Crippen molar-refractivity contribution in [2.24, 2.45) is 5.92 Å². The van der Waals surface area contributed by atoms with Crippen molar-refractivity contribution in [3.63, 3.8) is 0 Å². The maximum absolute atomic E-state index is 7.00. The van der Waals surface area contributed by atoms with Crippen LogP contribution in [0.25, 0.3) is 0 Å². The third-order valence-corrected chi connectivity index (χ3v) is 1.86. The van der Waals surface area contributed by atoms with Gasteiger partial charge in [0.25, 0.3) is 0 Å². The molecule has 1 rings (SSSR count). The smallest absolute Gasteiger partial charge is 0.0319 e. The molecule has 2 nitrogen and oxygen atoms in total. The summed E-state index contributed by atoms with van der Waals surface area (Å²) >= 11 is 0. The molecule has 0 aromatic carbocycles. The Balaban J connectivity index is 0.000000371. The van der Waals surface area contributed by atoms with E-state index in [-0.39, 0.29) is 0 Å². The number of hydrogen-bond acceptors (Lipinski definition) is 2. The molecule has 1 saturated heterocycles. The molecule has 0 aromatic heterocycles. The largest absolute Gasteiger partial charge is 0.400 e. The Hall–Kier alpha value is -0.0800. The highest BCUT2D eigenvalue weighted by atomic mass is 16.2. The first-order valence-electron chi connectivity index (χ1n) is 3.92.